The highest BCUT2D eigenvalue weighted by molar-refractivity contribution is 9.10. The van der Waals surface area contributed by atoms with Gasteiger partial charge in [-0.2, -0.15) is 5.26 Å². The van der Waals surface area contributed by atoms with Gasteiger partial charge in [0.25, 0.3) is 0 Å². The van der Waals surface area contributed by atoms with Crippen LogP contribution in [0.15, 0.2) is 33.6 Å². The molecule has 0 aliphatic carbocycles. The fourth-order valence-corrected chi connectivity index (χ4v) is 3.28. The van der Waals surface area contributed by atoms with E-state index < -0.39 is 15.1 Å². The number of hydrogen-bond acceptors (Lipinski definition) is 3. The third-order valence-corrected chi connectivity index (χ3v) is 4.99. The molecular formula is C11H12BrNO2S. The smallest absolute Gasteiger partial charge is 0.194 e. The fourth-order valence-electron chi connectivity index (χ4n) is 1.35. The lowest BCUT2D eigenvalue weighted by atomic mass is 10.1. The first-order valence-electron chi connectivity index (χ1n) is 4.78. The molecule has 0 radical (unpaired) electrons. The average molecular weight is 302 g/mol. The van der Waals surface area contributed by atoms with Crippen molar-refractivity contribution in [3.8, 4) is 6.07 Å². The van der Waals surface area contributed by atoms with Crippen LogP contribution < -0.4 is 0 Å². The van der Waals surface area contributed by atoms with Gasteiger partial charge in [0.15, 0.2) is 15.1 Å². The van der Waals surface area contributed by atoms with E-state index in [-0.39, 0.29) is 10.8 Å². The Bertz CT molecular complexity index is 500. The Hall–Kier alpha value is -0.860. The summed E-state index contributed by atoms with van der Waals surface area (Å²) < 4.78 is 25.0. The summed E-state index contributed by atoms with van der Waals surface area (Å²) >= 11 is 3.24. The topological polar surface area (TPSA) is 57.9 Å². The summed E-state index contributed by atoms with van der Waals surface area (Å²) in [5.74, 6) is -0.223. The molecule has 0 heterocycles. The van der Waals surface area contributed by atoms with Gasteiger partial charge in [-0.3, -0.25) is 0 Å². The van der Waals surface area contributed by atoms with E-state index in [1.165, 1.54) is 12.1 Å². The van der Waals surface area contributed by atoms with E-state index in [0.29, 0.717) is 0 Å². The number of sulfone groups is 1. The van der Waals surface area contributed by atoms with Crippen LogP contribution in [0.1, 0.15) is 13.8 Å². The molecule has 0 bridgehead atoms. The van der Waals surface area contributed by atoms with Crippen LogP contribution in [0.4, 0.5) is 0 Å². The van der Waals surface area contributed by atoms with Crippen molar-refractivity contribution in [3.63, 3.8) is 0 Å². The molecule has 0 amide bonds. The molecule has 86 valence electrons. The molecule has 16 heavy (non-hydrogen) atoms. The largest absolute Gasteiger partial charge is 0.222 e. The van der Waals surface area contributed by atoms with Crippen LogP contribution in [0.5, 0.6) is 0 Å². The molecule has 0 aliphatic rings. The van der Waals surface area contributed by atoms with Gasteiger partial charge in [0.2, 0.25) is 0 Å². The summed E-state index contributed by atoms with van der Waals surface area (Å²) in [6, 6.07) is 8.18. The van der Waals surface area contributed by atoms with Gasteiger partial charge >= 0.3 is 0 Å². The average Bonchev–Trinajstić information content (AvgIpc) is 2.18. The SMILES string of the molecule is CC(C)C(C#N)S(=O)(=O)c1ccc(Br)cc1. The predicted molar refractivity (Wildman–Crippen MR) is 65.6 cm³/mol. The van der Waals surface area contributed by atoms with Gasteiger partial charge in [-0.15, -0.1) is 0 Å². The van der Waals surface area contributed by atoms with E-state index in [4.69, 9.17) is 5.26 Å². The zero-order valence-electron chi connectivity index (χ0n) is 9.01. The van der Waals surface area contributed by atoms with Gasteiger partial charge in [0.05, 0.1) is 11.0 Å². The van der Waals surface area contributed by atoms with Crippen molar-refractivity contribution >= 4 is 25.8 Å². The molecular weight excluding hydrogens is 290 g/mol. The van der Waals surface area contributed by atoms with E-state index >= 15 is 0 Å². The van der Waals surface area contributed by atoms with Gasteiger partial charge in [-0.05, 0) is 30.2 Å². The summed E-state index contributed by atoms with van der Waals surface area (Å²) in [5.41, 5.74) is 0. The van der Waals surface area contributed by atoms with Crippen LogP contribution in [0.2, 0.25) is 0 Å². The first-order chi connectivity index (χ1) is 7.39. The van der Waals surface area contributed by atoms with Gasteiger partial charge in [-0.1, -0.05) is 29.8 Å². The molecule has 1 aromatic carbocycles. The predicted octanol–water partition coefficient (Wildman–Crippen LogP) is 2.77. The molecule has 0 fully saturated rings. The van der Waals surface area contributed by atoms with Gasteiger partial charge in [0, 0.05) is 4.47 Å². The number of nitrogens with zero attached hydrogens (tertiary/aromatic N) is 1. The fraction of sp³-hybridized carbons (Fsp3) is 0.364. The molecule has 0 aliphatic heterocycles. The summed E-state index contributed by atoms with van der Waals surface area (Å²) in [6.45, 7) is 3.45. The van der Waals surface area contributed by atoms with Crippen LogP contribution in [0.3, 0.4) is 0 Å². The molecule has 0 N–H and O–H groups in total. The Morgan fingerprint density at radius 1 is 1.25 bits per heavy atom. The minimum Gasteiger partial charge on any atom is -0.222 e. The summed E-state index contributed by atoms with van der Waals surface area (Å²) in [4.78, 5) is 0.191. The molecule has 1 atom stereocenters. The maximum absolute atomic E-state index is 12.1. The van der Waals surface area contributed by atoms with E-state index in [1.807, 2.05) is 6.07 Å². The highest BCUT2D eigenvalue weighted by Gasteiger charge is 2.29. The normalized spacial score (nSPS) is 13.4. The number of benzene rings is 1. The van der Waals surface area contributed by atoms with Gasteiger partial charge in [-0.25, -0.2) is 8.42 Å². The van der Waals surface area contributed by atoms with E-state index in [2.05, 4.69) is 15.9 Å². The molecule has 1 unspecified atom stereocenters. The summed E-state index contributed by atoms with van der Waals surface area (Å²) in [6.07, 6.45) is 0. The number of hydrogen-bond donors (Lipinski definition) is 0. The second kappa shape index (κ2) is 4.98. The highest BCUT2D eigenvalue weighted by Crippen LogP contribution is 2.22. The Morgan fingerprint density at radius 2 is 1.75 bits per heavy atom. The Labute approximate surface area is 104 Å². The number of halogens is 1. The van der Waals surface area contributed by atoms with Crippen LogP contribution in [0.25, 0.3) is 0 Å². The van der Waals surface area contributed by atoms with Crippen molar-refractivity contribution in [1.29, 1.82) is 5.26 Å². The molecule has 0 saturated heterocycles. The number of rotatable bonds is 3. The van der Waals surface area contributed by atoms with E-state index in [0.717, 1.165) is 4.47 Å². The van der Waals surface area contributed by atoms with Crippen molar-refractivity contribution in [2.75, 3.05) is 0 Å². The lowest BCUT2D eigenvalue weighted by Crippen LogP contribution is -2.25. The first-order valence-corrected chi connectivity index (χ1v) is 7.12. The quantitative estimate of drug-likeness (QED) is 0.862. The minimum atomic E-state index is -3.55. The molecule has 0 saturated carbocycles. The number of nitriles is 1. The van der Waals surface area contributed by atoms with Gasteiger partial charge in [0.1, 0.15) is 0 Å². The minimum absolute atomic E-state index is 0.191. The lowest BCUT2D eigenvalue weighted by molar-refractivity contribution is 0.563. The third-order valence-electron chi connectivity index (χ3n) is 2.21. The van der Waals surface area contributed by atoms with Crippen molar-refractivity contribution < 1.29 is 8.42 Å². The molecule has 1 aromatic rings. The second-order valence-electron chi connectivity index (χ2n) is 3.79. The molecule has 0 spiro atoms. The van der Waals surface area contributed by atoms with Gasteiger partial charge < -0.3 is 0 Å². The Kier molecular flexibility index (Phi) is 4.11. The molecule has 5 heteroatoms. The van der Waals surface area contributed by atoms with Crippen molar-refractivity contribution in [2.45, 2.75) is 24.0 Å². The lowest BCUT2D eigenvalue weighted by Gasteiger charge is -2.13. The van der Waals surface area contributed by atoms with Crippen molar-refractivity contribution in [2.24, 2.45) is 5.92 Å². The van der Waals surface area contributed by atoms with Crippen molar-refractivity contribution in [3.05, 3.63) is 28.7 Å². The van der Waals surface area contributed by atoms with Crippen LogP contribution in [-0.2, 0) is 9.84 Å². The Morgan fingerprint density at radius 3 is 2.12 bits per heavy atom. The van der Waals surface area contributed by atoms with Crippen LogP contribution in [-0.4, -0.2) is 13.7 Å². The maximum Gasteiger partial charge on any atom is 0.194 e. The van der Waals surface area contributed by atoms with Crippen LogP contribution >= 0.6 is 15.9 Å². The zero-order valence-corrected chi connectivity index (χ0v) is 11.4. The molecule has 1 rings (SSSR count). The third kappa shape index (κ3) is 2.63. The highest BCUT2D eigenvalue weighted by atomic mass is 79.9. The monoisotopic (exact) mass is 301 g/mol. The standard InChI is InChI=1S/C11H12BrNO2S/c1-8(2)11(7-13)16(14,15)10-5-3-9(12)4-6-10/h3-6,8,11H,1-2H3. The molecule has 0 aromatic heterocycles. The summed E-state index contributed by atoms with van der Waals surface area (Å²) in [7, 11) is -3.55. The van der Waals surface area contributed by atoms with E-state index in [9.17, 15) is 8.42 Å². The van der Waals surface area contributed by atoms with Crippen molar-refractivity contribution in [1.82, 2.24) is 0 Å². The maximum atomic E-state index is 12.1. The zero-order chi connectivity index (χ0) is 12.3. The van der Waals surface area contributed by atoms with Crippen LogP contribution in [0, 0.1) is 17.2 Å². The second-order valence-corrected chi connectivity index (χ2v) is 6.78. The Balaban J connectivity index is 3.22. The van der Waals surface area contributed by atoms with E-state index in [1.54, 1.807) is 26.0 Å². The first kappa shape index (κ1) is 13.2. The summed E-state index contributed by atoms with van der Waals surface area (Å²) in [5, 5.41) is 7.92. The molecule has 3 nitrogen and oxygen atoms in total.